The molecule has 0 aromatic carbocycles. The summed E-state index contributed by atoms with van der Waals surface area (Å²) in [5.41, 5.74) is -0.762. The van der Waals surface area contributed by atoms with Crippen molar-refractivity contribution in [3.63, 3.8) is 0 Å². The van der Waals surface area contributed by atoms with Gasteiger partial charge in [-0.2, -0.15) is 0 Å². The number of aliphatic hydroxyl groups is 1. The number of aromatic nitrogens is 2. The van der Waals surface area contributed by atoms with E-state index in [1.807, 2.05) is 4.90 Å². The molecule has 3 fully saturated rings. The minimum absolute atomic E-state index is 0.171. The summed E-state index contributed by atoms with van der Waals surface area (Å²) in [7, 11) is 0. The Morgan fingerprint density at radius 3 is 2.71 bits per heavy atom. The van der Waals surface area contributed by atoms with E-state index in [0.29, 0.717) is 31.9 Å². The van der Waals surface area contributed by atoms with Crippen LogP contribution in [-0.4, -0.2) is 58.2 Å². The molecule has 2 N–H and O–H groups in total. The van der Waals surface area contributed by atoms with Crippen LogP contribution in [0.1, 0.15) is 58.3 Å². The van der Waals surface area contributed by atoms with E-state index in [1.54, 1.807) is 0 Å². The molecule has 28 heavy (non-hydrogen) atoms. The Hall–Kier alpha value is -1.89. The standard InChI is InChI=1S/C21H32N4O3/c1-20(7-3-2-4-8-20)19(28)25-10-5-9-21(14-25)13-24(11-6-16(21)26)17-12-18(27)23-15-22-17/h12,15-16,26H,2-11,13-14H2,1H3,(H,22,23,27)/t16-,21-/m1/s1. The number of nitrogens with zero attached hydrogens (tertiary/aromatic N) is 3. The number of amides is 1. The van der Waals surface area contributed by atoms with Crippen molar-refractivity contribution in [1.29, 1.82) is 0 Å². The molecule has 0 radical (unpaired) electrons. The van der Waals surface area contributed by atoms with Gasteiger partial charge in [0.1, 0.15) is 5.82 Å². The minimum Gasteiger partial charge on any atom is -0.392 e. The van der Waals surface area contributed by atoms with E-state index in [1.165, 1.54) is 18.8 Å². The van der Waals surface area contributed by atoms with E-state index in [9.17, 15) is 14.7 Å². The zero-order valence-corrected chi connectivity index (χ0v) is 16.8. The average molecular weight is 389 g/mol. The number of carbonyl (C=O) groups is 1. The Balaban J connectivity index is 1.53. The van der Waals surface area contributed by atoms with Gasteiger partial charge in [-0.05, 0) is 32.1 Å². The van der Waals surface area contributed by atoms with Crippen molar-refractivity contribution in [2.45, 2.75) is 64.4 Å². The molecule has 1 aliphatic carbocycles. The van der Waals surface area contributed by atoms with Crippen LogP contribution in [0.15, 0.2) is 17.2 Å². The van der Waals surface area contributed by atoms with Gasteiger partial charge in [-0.3, -0.25) is 9.59 Å². The molecule has 3 heterocycles. The highest BCUT2D eigenvalue weighted by Crippen LogP contribution is 2.43. The zero-order chi connectivity index (χ0) is 19.8. The number of carbonyl (C=O) groups excluding carboxylic acids is 1. The van der Waals surface area contributed by atoms with Gasteiger partial charge in [0.2, 0.25) is 5.91 Å². The number of rotatable bonds is 2. The summed E-state index contributed by atoms with van der Waals surface area (Å²) in [6.45, 7) is 4.81. The number of H-pyrrole nitrogens is 1. The van der Waals surface area contributed by atoms with Crippen LogP contribution in [0.4, 0.5) is 5.82 Å². The van der Waals surface area contributed by atoms with Crippen molar-refractivity contribution in [2.75, 3.05) is 31.1 Å². The van der Waals surface area contributed by atoms with Crippen LogP contribution >= 0.6 is 0 Å². The fourth-order valence-electron chi connectivity index (χ4n) is 5.54. The first-order chi connectivity index (χ1) is 13.4. The molecule has 2 aliphatic heterocycles. The molecule has 7 nitrogen and oxygen atoms in total. The molecule has 1 aromatic rings. The normalized spacial score (nSPS) is 30.4. The van der Waals surface area contributed by atoms with Crippen molar-refractivity contribution >= 4 is 11.7 Å². The van der Waals surface area contributed by atoms with Gasteiger partial charge in [0.05, 0.1) is 12.4 Å². The summed E-state index contributed by atoms with van der Waals surface area (Å²) < 4.78 is 0. The zero-order valence-electron chi connectivity index (χ0n) is 16.8. The molecule has 1 spiro atoms. The lowest BCUT2D eigenvalue weighted by Crippen LogP contribution is -2.61. The van der Waals surface area contributed by atoms with Crippen molar-refractivity contribution in [1.82, 2.24) is 14.9 Å². The second-order valence-corrected chi connectivity index (χ2v) is 9.31. The molecule has 1 amide bonds. The van der Waals surface area contributed by atoms with E-state index >= 15 is 0 Å². The third kappa shape index (κ3) is 3.56. The highest BCUT2D eigenvalue weighted by Gasteiger charge is 2.48. The summed E-state index contributed by atoms with van der Waals surface area (Å²) in [6.07, 6.45) is 8.87. The first-order valence-electron chi connectivity index (χ1n) is 10.7. The molecule has 2 saturated heterocycles. The predicted octanol–water partition coefficient (Wildman–Crippen LogP) is 1.92. The molecule has 1 saturated carbocycles. The number of likely N-dealkylation sites (tertiary alicyclic amines) is 1. The Bertz CT molecular complexity index is 773. The van der Waals surface area contributed by atoms with Gasteiger partial charge in [0.25, 0.3) is 5.56 Å². The van der Waals surface area contributed by atoms with Crippen LogP contribution in [0.25, 0.3) is 0 Å². The summed E-state index contributed by atoms with van der Waals surface area (Å²) in [6, 6.07) is 1.51. The van der Waals surface area contributed by atoms with Crippen molar-refractivity contribution in [3.8, 4) is 0 Å². The number of piperidine rings is 2. The van der Waals surface area contributed by atoms with Gasteiger partial charge >= 0.3 is 0 Å². The van der Waals surface area contributed by atoms with E-state index < -0.39 is 6.10 Å². The van der Waals surface area contributed by atoms with Crippen LogP contribution in [0.3, 0.4) is 0 Å². The van der Waals surface area contributed by atoms with Crippen LogP contribution in [-0.2, 0) is 4.79 Å². The average Bonchev–Trinajstić information content (AvgIpc) is 2.70. The monoisotopic (exact) mass is 388 g/mol. The topological polar surface area (TPSA) is 89.5 Å². The van der Waals surface area contributed by atoms with Gasteiger partial charge in [-0.15, -0.1) is 0 Å². The lowest BCUT2D eigenvalue weighted by atomic mass is 9.70. The third-order valence-corrected chi connectivity index (χ3v) is 7.24. The summed E-state index contributed by atoms with van der Waals surface area (Å²) in [5, 5.41) is 10.9. The quantitative estimate of drug-likeness (QED) is 0.808. The second-order valence-electron chi connectivity index (χ2n) is 9.31. The second kappa shape index (κ2) is 7.50. The molecule has 4 rings (SSSR count). The van der Waals surface area contributed by atoms with Gasteiger partial charge in [0, 0.05) is 43.1 Å². The SMILES string of the molecule is CC1(C(=O)N2CCC[C@]3(C2)CN(c2cc(=O)[nH]cn2)CC[C@H]3O)CCCCC1. The third-order valence-electron chi connectivity index (χ3n) is 7.24. The number of hydrogen-bond donors (Lipinski definition) is 2. The first kappa shape index (κ1) is 19.4. The summed E-state index contributed by atoms with van der Waals surface area (Å²) >= 11 is 0. The maximum atomic E-state index is 13.4. The predicted molar refractivity (Wildman–Crippen MR) is 107 cm³/mol. The molecule has 1 aromatic heterocycles. The Kier molecular flexibility index (Phi) is 5.21. The molecule has 7 heteroatoms. The molecular formula is C21H32N4O3. The van der Waals surface area contributed by atoms with Crippen molar-refractivity contribution < 1.29 is 9.90 Å². The maximum absolute atomic E-state index is 13.4. The smallest absolute Gasteiger partial charge is 0.252 e. The highest BCUT2D eigenvalue weighted by molar-refractivity contribution is 5.82. The number of aliphatic hydroxyl groups excluding tert-OH is 1. The van der Waals surface area contributed by atoms with E-state index in [-0.39, 0.29) is 22.3 Å². The number of anilines is 1. The van der Waals surface area contributed by atoms with Gasteiger partial charge in [0.15, 0.2) is 0 Å². The molecule has 3 aliphatic rings. The fourth-order valence-corrected chi connectivity index (χ4v) is 5.54. The van der Waals surface area contributed by atoms with Crippen LogP contribution < -0.4 is 10.5 Å². The first-order valence-corrected chi connectivity index (χ1v) is 10.7. The molecule has 0 unspecified atom stereocenters. The lowest BCUT2D eigenvalue weighted by molar-refractivity contribution is -0.149. The summed E-state index contributed by atoms with van der Waals surface area (Å²) in [4.78, 5) is 36.1. The van der Waals surface area contributed by atoms with Crippen LogP contribution in [0.2, 0.25) is 0 Å². The van der Waals surface area contributed by atoms with Crippen molar-refractivity contribution in [3.05, 3.63) is 22.7 Å². The maximum Gasteiger partial charge on any atom is 0.252 e. The van der Waals surface area contributed by atoms with Crippen molar-refractivity contribution in [2.24, 2.45) is 10.8 Å². The van der Waals surface area contributed by atoms with E-state index in [4.69, 9.17) is 0 Å². The van der Waals surface area contributed by atoms with Gasteiger partial charge < -0.3 is 19.9 Å². The van der Waals surface area contributed by atoms with E-state index in [0.717, 1.165) is 45.1 Å². The highest BCUT2D eigenvalue weighted by atomic mass is 16.3. The molecule has 2 atom stereocenters. The van der Waals surface area contributed by atoms with Crippen LogP contribution in [0.5, 0.6) is 0 Å². The summed E-state index contributed by atoms with van der Waals surface area (Å²) in [5.74, 6) is 0.919. The largest absolute Gasteiger partial charge is 0.392 e. The minimum atomic E-state index is -0.430. The molecular weight excluding hydrogens is 356 g/mol. The number of aromatic amines is 1. The molecule has 0 bridgehead atoms. The number of nitrogens with one attached hydrogen (secondary N) is 1. The van der Waals surface area contributed by atoms with Gasteiger partial charge in [-0.25, -0.2) is 4.98 Å². The number of hydrogen-bond acceptors (Lipinski definition) is 5. The van der Waals surface area contributed by atoms with E-state index in [2.05, 4.69) is 21.8 Å². The van der Waals surface area contributed by atoms with Gasteiger partial charge in [-0.1, -0.05) is 26.2 Å². The van der Waals surface area contributed by atoms with Crippen LogP contribution in [0, 0.1) is 10.8 Å². The Labute approximate surface area is 166 Å². The fraction of sp³-hybridized carbons (Fsp3) is 0.762. The lowest BCUT2D eigenvalue weighted by Gasteiger charge is -2.52. The Morgan fingerprint density at radius 2 is 1.96 bits per heavy atom. The molecule has 154 valence electrons. The Morgan fingerprint density at radius 1 is 1.18 bits per heavy atom.